The van der Waals surface area contributed by atoms with E-state index in [2.05, 4.69) is 0 Å². The number of rotatable bonds is 7. The fourth-order valence-corrected chi connectivity index (χ4v) is 5.75. The zero-order valence-corrected chi connectivity index (χ0v) is 25.2. The molecule has 0 bridgehead atoms. The maximum absolute atomic E-state index is 13.3. The van der Waals surface area contributed by atoms with Gasteiger partial charge in [0.05, 0.1) is 30.4 Å². The van der Waals surface area contributed by atoms with Gasteiger partial charge in [0.15, 0.2) is 12.6 Å². The van der Waals surface area contributed by atoms with Crippen LogP contribution in [0.25, 0.3) is 28.2 Å². The topological polar surface area (TPSA) is 238 Å². The normalized spacial score (nSPS) is 35.4. The molecule has 11 atom stereocenters. The van der Waals surface area contributed by atoms with Crippen LogP contribution in [0.1, 0.15) is 19.4 Å². The smallest absolute Gasteiger partial charge is 0.204 e. The molecule has 3 aliphatic heterocycles. The second-order valence-corrected chi connectivity index (χ2v) is 12.1. The Morgan fingerprint density at radius 2 is 1.51 bits per heavy atom. The van der Waals surface area contributed by atoms with Crippen LogP contribution in [0.5, 0.6) is 17.2 Å². The molecule has 15 heteroatoms. The third kappa shape index (κ3) is 6.23. The highest BCUT2D eigenvalue weighted by molar-refractivity contribution is 5.93. The van der Waals surface area contributed by atoms with Gasteiger partial charge in [-0.15, -0.1) is 0 Å². The Morgan fingerprint density at radius 1 is 0.851 bits per heavy atom. The Hall–Kier alpha value is -3.61. The standard InChI is InChI=1S/C32H36O15/c1-13-22(34)26(38)28(40)30(45-13)43-11-20-25(37)27(39)29(41)31(46-20)44-12-32(2)8-7-16-18(47-32)9-19-21(23(16)35)24(36)17(10-42-19)14-3-5-15(33)6-4-14/h3-10,13,20,22,25-31,33-35,37-41H,11-12H2,1-2H3/t13-,20+,22-,25+,26+,27-,28+,29+,30+,31+,32-/m0/s1. The van der Waals surface area contributed by atoms with Crippen LogP contribution in [0, 0.1) is 0 Å². The zero-order chi connectivity index (χ0) is 33.8. The van der Waals surface area contributed by atoms with Crippen LogP contribution in [0.4, 0.5) is 0 Å². The summed E-state index contributed by atoms with van der Waals surface area (Å²) < 4.78 is 34.2. The lowest BCUT2D eigenvalue weighted by Gasteiger charge is -2.43. The molecule has 3 aliphatic rings. The summed E-state index contributed by atoms with van der Waals surface area (Å²) in [6.07, 6.45) is -10.1. The molecule has 0 spiro atoms. The first kappa shape index (κ1) is 33.3. The van der Waals surface area contributed by atoms with Gasteiger partial charge in [0.2, 0.25) is 5.43 Å². The summed E-state index contributed by atoms with van der Waals surface area (Å²) in [4.78, 5) is 13.3. The largest absolute Gasteiger partial charge is 0.508 e. The van der Waals surface area contributed by atoms with Gasteiger partial charge in [0.1, 0.15) is 82.8 Å². The summed E-state index contributed by atoms with van der Waals surface area (Å²) in [5.41, 5.74) is -0.752. The predicted molar refractivity (Wildman–Crippen MR) is 160 cm³/mol. The van der Waals surface area contributed by atoms with Crippen LogP contribution in [0.2, 0.25) is 0 Å². The van der Waals surface area contributed by atoms with E-state index in [0.29, 0.717) is 5.56 Å². The SMILES string of the molecule is C[C@@H]1O[C@@H](OC[C@H]2O[C@@H](OC[C@]3(C)C=Cc4c(cc5occ(-c6ccc(O)cc6)c(=O)c5c4O)O3)[C@H](O)[C@@H](O)[C@@H]2O)[C@H](O)[C@H](O)[C@H]1O. The highest BCUT2D eigenvalue weighted by atomic mass is 16.7. The Balaban J connectivity index is 1.15. The number of aliphatic hydroxyl groups is 6. The van der Waals surface area contributed by atoms with Gasteiger partial charge in [-0.2, -0.15) is 0 Å². The minimum atomic E-state index is -1.71. The third-order valence-corrected chi connectivity index (χ3v) is 8.60. The van der Waals surface area contributed by atoms with E-state index >= 15 is 0 Å². The van der Waals surface area contributed by atoms with Crippen LogP contribution in [0.3, 0.4) is 0 Å². The number of benzene rings is 2. The van der Waals surface area contributed by atoms with E-state index < -0.39 is 79.0 Å². The monoisotopic (exact) mass is 660 g/mol. The molecule has 4 heterocycles. The van der Waals surface area contributed by atoms with Gasteiger partial charge < -0.3 is 69.0 Å². The maximum atomic E-state index is 13.3. The molecule has 2 aromatic carbocycles. The molecule has 0 aliphatic carbocycles. The average molecular weight is 661 g/mol. The van der Waals surface area contributed by atoms with E-state index in [1.54, 1.807) is 31.2 Å². The van der Waals surface area contributed by atoms with E-state index in [0.717, 1.165) is 0 Å². The minimum absolute atomic E-state index is 0.0289. The van der Waals surface area contributed by atoms with Crippen molar-refractivity contribution >= 4 is 17.0 Å². The number of fused-ring (bicyclic) bond motifs is 2. The number of phenols is 2. The first-order valence-electron chi connectivity index (χ1n) is 14.9. The van der Waals surface area contributed by atoms with Gasteiger partial charge in [-0.25, -0.2) is 0 Å². The molecule has 0 unspecified atom stereocenters. The first-order valence-corrected chi connectivity index (χ1v) is 14.9. The van der Waals surface area contributed by atoms with Crippen LogP contribution in [-0.2, 0) is 18.9 Å². The first-order chi connectivity index (χ1) is 22.3. The van der Waals surface area contributed by atoms with Crippen LogP contribution in [0.15, 0.2) is 51.9 Å². The number of phenolic OH excluding ortho intramolecular Hbond substituents is 2. The highest BCUT2D eigenvalue weighted by Gasteiger charge is 2.47. The Labute approximate surface area is 267 Å². The summed E-state index contributed by atoms with van der Waals surface area (Å²) in [5, 5.41) is 82.3. The maximum Gasteiger partial charge on any atom is 0.204 e. The molecule has 0 saturated carbocycles. The van der Waals surface area contributed by atoms with E-state index in [1.807, 2.05) is 0 Å². The molecule has 6 rings (SSSR count). The number of ether oxygens (including phenoxy) is 5. The van der Waals surface area contributed by atoms with Crippen LogP contribution in [-0.4, -0.2) is 121 Å². The van der Waals surface area contributed by atoms with Crippen molar-refractivity contribution < 1.29 is 69.0 Å². The van der Waals surface area contributed by atoms with Crippen molar-refractivity contribution in [2.45, 2.75) is 80.9 Å². The van der Waals surface area contributed by atoms with Crippen molar-refractivity contribution in [1.29, 1.82) is 0 Å². The van der Waals surface area contributed by atoms with Crippen molar-refractivity contribution in [3.63, 3.8) is 0 Å². The molecule has 47 heavy (non-hydrogen) atoms. The van der Waals surface area contributed by atoms with Gasteiger partial charge in [0.25, 0.3) is 0 Å². The fraction of sp³-hybridized carbons (Fsp3) is 0.469. The van der Waals surface area contributed by atoms with Gasteiger partial charge in [-0.1, -0.05) is 12.1 Å². The predicted octanol–water partition coefficient (Wildman–Crippen LogP) is -0.296. The fourth-order valence-electron chi connectivity index (χ4n) is 5.75. The molecular weight excluding hydrogens is 624 g/mol. The van der Waals surface area contributed by atoms with Crippen molar-refractivity contribution in [3.05, 3.63) is 58.5 Å². The van der Waals surface area contributed by atoms with Crippen molar-refractivity contribution in [2.24, 2.45) is 0 Å². The third-order valence-electron chi connectivity index (χ3n) is 8.60. The van der Waals surface area contributed by atoms with Gasteiger partial charge in [-0.05, 0) is 43.7 Å². The molecular formula is C32H36O15. The Kier molecular flexibility index (Phi) is 9.05. The lowest BCUT2D eigenvalue weighted by molar-refractivity contribution is -0.330. The van der Waals surface area contributed by atoms with Crippen LogP contribution < -0.4 is 10.2 Å². The van der Waals surface area contributed by atoms with Crippen molar-refractivity contribution in [2.75, 3.05) is 13.2 Å². The summed E-state index contributed by atoms with van der Waals surface area (Å²) in [6, 6.07) is 7.40. The minimum Gasteiger partial charge on any atom is -0.508 e. The average Bonchev–Trinajstić information content (AvgIpc) is 3.04. The molecule has 8 N–H and O–H groups in total. The van der Waals surface area contributed by atoms with Gasteiger partial charge >= 0.3 is 0 Å². The molecule has 3 aromatic rings. The van der Waals surface area contributed by atoms with Crippen molar-refractivity contribution in [1.82, 2.24) is 0 Å². The van der Waals surface area contributed by atoms with E-state index in [-0.39, 0.29) is 46.0 Å². The molecule has 2 fully saturated rings. The highest BCUT2D eigenvalue weighted by Crippen LogP contribution is 2.41. The quantitative estimate of drug-likeness (QED) is 0.162. The lowest BCUT2D eigenvalue weighted by Crippen LogP contribution is -2.61. The molecule has 1 aromatic heterocycles. The van der Waals surface area contributed by atoms with E-state index in [1.165, 1.54) is 31.4 Å². The van der Waals surface area contributed by atoms with Gasteiger partial charge in [0, 0.05) is 6.07 Å². The van der Waals surface area contributed by atoms with E-state index in [9.17, 15) is 45.6 Å². The van der Waals surface area contributed by atoms with Crippen LogP contribution >= 0.6 is 0 Å². The second-order valence-electron chi connectivity index (χ2n) is 12.1. The molecule has 0 amide bonds. The van der Waals surface area contributed by atoms with Gasteiger partial charge in [-0.3, -0.25) is 4.79 Å². The molecule has 2 saturated heterocycles. The number of aliphatic hydroxyl groups excluding tert-OH is 6. The second kappa shape index (κ2) is 12.8. The summed E-state index contributed by atoms with van der Waals surface area (Å²) in [6.45, 7) is 2.41. The Bertz CT molecular complexity index is 1690. The number of aromatic hydroxyl groups is 2. The number of hydrogen-bond acceptors (Lipinski definition) is 15. The molecule has 254 valence electrons. The molecule has 15 nitrogen and oxygen atoms in total. The number of hydrogen-bond donors (Lipinski definition) is 8. The summed E-state index contributed by atoms with van der Waals surface area (Å²) in [5.74, 6) is -0.162. The van der Waals surface area contributed by atoms with Crippen molar-refractivity contribution in [3.8, 4) is 28.4 Å². The summed E-state index contributed by atoms with van der Waals surface area (Å²) in [7, 11) is 0. The summed E-state index contributed by atoms with van der Waals surface area (Å²) >= 11 is 0. The zero-order valence-electron chi connectivity index (χ0n) is 25.2. The molecule has 0 radical (unpaired) electrons. The lowest BCUT2D eigenvalue weighted by atomic mass is 9.97. The Morgan fingerprint density at radius 3 is 2.21 bits per heavy atom. The van der Waals surface area contributed by atoms with E-state index in [4.69, 9.17) is 28.1 Å².